The van der Waals surface area contributed by atoms with Crippen LogP contribution in [0.1, 0.15) is 79.2 Å². The molecule has 2 aromatic carbocycles. The van der Waals surface area contributed by atoms with Gasteiger partial charge in [-0.2, -0.15) is 0 Å². The zero-order valence-corrected chi connectivity index (χ0v) is 25.6. The van der Waals surface area contributed by atoms with Gasteiger partial charge in [-0.05, 0) is 81.1 Å². The third-order valence-corrected chi connectivity index (χ3v) is 8.05. The predicted molar refractivity (Wildman–Crippen MR) is 173 cm³/mol. The van der Waals surface area contributed by atoms with Crippen molar-refractivity contribution in [2.45, 2.75) is 73.6 Å². The van der Waals surface area contributed by atoms with Crippen LogP contribution in [0.25, 0.3) is 16.8 Å². The lowest BCUT2D eigenvalue weighted by Gasteiger charge is -2.35. The maximum Gasteiger partial charge on any atom is 0.126 e. The molecular weight excluding hydrogens is 481 g/mol. The Labute approximate surface area is 238 Å². The molecule has 0 fully saturated rings. The van der Waals surface area contributed by atoms with E-state index < -0.39 is 0 Å². The van der Waals surface area contributed by atoms with Gasteiger partial charge in [0.05, 0.1) is 26.2 Å². The van der Waals surface area contributed by atoms with Gasteiger partial charge in [0.25, 0.3) is 0 Å². The normalized spacial score (nSPS) is 13.3. The van der Waals surface area contributed by atoms with Gasteiger partial charge in [-0.15, -0.1) is 0 Å². The van der Waals surface area contributed by atoms with Crippen molar-refractivity contribution in [2.75, 3.05) is 50.7 Å². The molecule has 214 valence electrons. The van der Waals surface area contributed by atoms with Gasteiger partial charge in [0.15, 0.2) is 0 Å². The molecule has 0 unspecified atom stereocenters. The smallest absolute Gasteiger partial charge is 0.126 e. The number of unbranched alkanes of at least 4 members (excludes halogenated alkanes) is 2. The number of anilines is 1. The van der Waals surface area contributed by atoms with E-state index in [0.717, 1.165) is 62.3 Å². The summed E-state index contributed by atoms with van der Waals surface area (Å²) < 4.78 is 15.7. The van der Waals surface area contributed by atoms with E-state index in [1.807, 2.05) is 12.2 Å². The Morgan fingerprint density at radius 2 is 1.51 bits per heavy atom. The summed E-state index contributed by atoms with van der Waals surface area (Å²) in [5.74, 6) is -0.235. The Balaban J connectivity index is 2.12. The number of rotatable bonds is 18. The van der Waals surface area contributed by atoms with E-state index in [2.05, 4.69) is 80.9 Å². The van der Waals surface area contributed by atoms with Crippen LogP contribution < -0.4 is 4.90 Å². The average Bonchev–Trinajstić information content (AvgIpc) is 2.98. The average molecular weight is 535 g/mol. The summed E-state index contributed by atoms with van der Waals surface area (Å²) in [6, 6.07) is 13.2. The molecule has 0 amide bonds. The summed E-state index contributed by atoms with van der Waals surface area (Å²) in [5, 5.41) is 2.44. The summed E-state index contributed by atoms with van der Waals surface area (Å²) in [7, 11) is 0. The van der Waals surface area contributed by atoms with Gasteiger partial charge in [0.1, 0.15) is 5.83 Å². The quantitative estimate of drug-likeness (QED) is 0.0805. The molecule has 0 radical (unpaired) electrons. The first kappa shape index (κ1) is 32.5. The Hall–Kier alpha value is -2.72. The van der Waals surface area contributed by atoms with Crippen molar-refractivity contribution in [2.24, 2.45) is 4.99 Å². The van der Waals surface area contributed by atoms with E-state index >= 15 is 0 Å². The Bertz CT molecular complexity index is 1090. The molecule has 4 heteroatoms. The largest absolute Gasteiger partial charge is 0.372 e. The SMILES string of the molecule is C\C=C(F)/C(=C\C=NCCC[N+](CC)(CC)CC)/C=C/c1ccc2cc(N(CCCC)CCCC)ccc2c1. The number of benzene rings is 2. The fraction of sp³-hybridized carbons (Fsp3) is 0.514. The number of hydrogen-bond acceptors (Lipinski definition) is 2. The van der Waals surface area contributed by atoms with Gasteiger partial charge >= 0.3 is 0 Å². The molecule has 0 aliphatic carbocycles. The summed E-state index contributed by atoms with van der Waals surface area (Å²) in [5.41, 5.74) is 2.90. The molecule has 39 heavy (non-hydrogen) atoms. The van der Waals surface area contributed by atoms with E-state index in [1.54, 1.807) is 19.2 Å². The van der Waals surface area contributed by atoms with Crippen LogP contribution >= 0.6 is 0 Å². The Morgan fingerprint density at radius 1 is 0.872 bits per heavy atom. The predicted octanol–water partition coefficient (Wildman–Crippen LogP) is 9.40. The molecule has 0 bridgehead atoms. The minimum Gasteiger partial charge on any atom is -0.372 e. The molecule has 0 atom stereocenters. The van der Waals surface area contributed by atoms with Crippen LogP contribution in [0.3, 0.4) is 0 Å². The van der Waals surface area contributed by atoms with E-state index in [-0.39, 0.29) is 5.83 Å². The minimum atomic E-state index is -0.235. The molecule has 0 spiro atoms. The molecule has 0 aliphatic rings. The van der Waals surface area contributed by atoms with Crippen LogP contribution in [0.15, 0.2) is 71.0 Å². The van der Waals surface area contributed by atoms with E-state index in [4.69, 9.17) is 0 Å². The third-order valence-electron chi connectivity index (χ3n) is 8.05. The second-order valence-electron chi connectivity index (χ2n) is 10.5. The summed E-state index contributed by atoms with van der Waals surface area (Å²) in [4.78, 5) is 7.07. The number of fused-ring (bicyclic) bond motifs is 1. The lowest BCUT2D eigenvalue weighted by Crippen LogP contribution is -2.48. The standard InChI is InChI=1S/C35H53FN3/c1-7-13-25-38(26-14-8-2)34-21-20-32-28-30(17-19-33(32)29-34)16-18-31(35(36)9-3)22-24-37-23-15-27-39(10-4,11-5)12-6/h9,16-22,24,28-29H,7-8,10-15,23,25-27H2,1-6H3/q+1/b18-16+,31-22-,35-9+,37-24?. The lowest BCUT2D eigenvalue weighted by atomic mass is 10.0. The zero-order valence-electron chi connectivity index (χ0n) is 25.6. The maximum absolute atomic E-state index is 14.6. The number of quaternary nitrogens is 1. The molecular formula is C35H53FN3+. The molecule has 2 rings (SSSR count). The van der Waals surface area contributed by atoms with Gasteiger partial charge < -0.3 is 9.38 Å². The van der Waals surface area contributed by atoms with Crippen molar-refractivity contribution in [3.8, 4) is 0 Å². The fourth-order valence-corrected chi connectivity index (χ4v) is 5.04. The van der Waals surface area contributed by atoms with Gasteiger partial charge in [-0.1, -0.05) is 63.1 Å². The third kappa shape index (κ3) is 10.4. The van der Waals surface area contributed by atoms with Gasteiger partial charge in [-0.25, -0.2) is 4.39 Å². The first-order valence-corrected chi connectivity index (χ1v) is 15.3. The highest BCUT2D eigenvalue weighted by Gasteiger charge is 2.19. The second-order valence-corrected chi connectivity index (χ2v) is 10.5. The molecule has 0 aliphatic heterocycles. The van der Waals surface area contributed by atoms with Crippen molar-refractivity contribution in [3.05, 3.63) is 71.6 Å². The molecule has 0 aromatic heterocycles. The lowest BCUT2D eigenvalue weighted by molar-refractivity contribution is -0.923. The first-order chi connectivity index (χ1) is 18.9. The van der Waals surface area contributed by atoms with Crippen molar-refractivity contribution in [1.82, 2.24) is 0 Å². The van der Waals surface area contributed by atoms with Crippen LogP contribution in [0.5, 0.6) is 0 Å². The molecule has 3 nitrogen and oxygen atoms in total. The van der Waals surface area contributed by atoms with Crippen molar-refractivity contribution >= 4 is 28.8 Å². The second kappa shape index (κ2) is 17.8. The monoisotopic (exact) mass is 534 g/mol. The van der Waals surface area contributed by atoms with Crippen LogP contribution in [0.2, 0.25) is 0 Å². The highest BCUT2D eigenvalue weighted by Crippen LogP contribution is 2.25. The van der Waals surface area contributed by atoms with Crippen molar-refractivity contribution in [1.29, 1.82) is 0 Å². The number of hydrogen-bond donors (Lipinski definition) is 0. The molecule has 0 heterocycles. The van der Waals surface area contributed by atoms with Crippen molar-refractivity contribution in [3.63, 3.8) is 0 Å². The number of halogens is 1. The summed E-state index contributed by atoms with van der Waals surface area (Å²) in [6.45, 7) is 20.6. The molecule has 0 saturated heterocycles. The van der Waals surface area contributed by atoms with Crippen LogP contribution in [-0.2, 0) is 0 Å². The topological polar surface area (TPSA) is 15.6 Å². The number of allylic oxidation sites excluding steroid dienone is 5. The van der Waals surface area contributed by atoms with Crippen LogP contribution in [0, 0.1) is 0 Å². The van der Waals surface area contributed by atoms with Gasteiger partial charge in [0.2, 0.25) is 0 Å². The van der Waals surface area contributed by atoms with Crippen molar-refractivity contribution < 1.29 is 8.87 Å². The summed E-state index contributed by atoms with van der Waals surface area (Å²) in [6.07, 6.45) is 14.8. The van der Waals surface area contributed by atoms with Gasteiger partial charge in [0, 0.05) is 43.5 Å². The first-order valence-electron chi connectivity index (χ1n) is 15.3. The number of nitrogens with zero attached hydrogens (tertiary/aromatic N) is 3. The zero-order chi connectivity index (χ0) is 28.5. The van der Waals surface area contributed by atoms with Gasteiger partial charge in [-0.3, -0.25) is 4.99 Å². The minimum absolute atomic E-state index is 0.235. The summed E-state index contributed by atoms with van der Waals surface area (Å²) >= 11 is 0. The van der Waals surface area contributed by atoms with E-state index in [9.17, 15) is 4.39 Å². The molecule has 2 aromatic rings. The Kier molecular flexibility index (Phi) is 14.8. The Morgan fingerprint density at radius 3 is 2.13 bits per heavy atom. The molecule has 0 N–H and O–H groups in total. The highest BCUT2D eigenvalue weighted by atomic mass is 19.1. The van der Waals surface area contributed by atoms with E-state index in [0.29, 0.717) is 5.57 Å². The number of aliphatic imine (C=N–C) groups is 1. The van der Waals surface area contributed by atoms with Crippen LogP contribution in [0.4, 0.5) is 10.1 Å². The van der Waals surface area contributed by atoms with E-state index in [1.165, 1.54) is 48.2 Å². The maximum atomic E-state index is 14.6. The molecule has 0 saturated carbocycles. The van der Waals surface area contributed by atoms with Crippen LogP contribution in [-0.4, -0.2) is 56.5 Å². The fourth-order valence-electron chi connectivity index (χ4n) is 5.04. The highest BCUT2D eigenvalue weighted by molar-refractivity contribution is 5.88.